The molecule has 1 aromatic heterocycles. The van der Waals surface area contributed by atoms with Crippen molar-refractivity contribution in [1.29, 1.82) is 0 Å². The highest BCUT2D eigenvalue weighted by Gasteiger charge is 2.00. The maximum absolute atomic E-state index is 5.72. The van der Waals surface area contributed by atoms with Gasteiger partial charge >= 0.3 is 0 Å². The van der Waals surface area contributed by atoms with Crippen LogP contribution in [-0.2, 0) is 0 Å². The van der Waals surface area contributed by atoms with E-state index < -0.39 is 0 Å². The molecule has 3 nitrogen and oxygen atoms in total. The van der Waals surface area contributed by atoms with Crippen LogP contribution in [0.4, 0.5) is 5.95 Å². The molecule has 0 spiro atoms. The van der Waals surface area contributed by atoms with Gasteiger partial charge in [-0.1, -0.05) is 24.9 Å². The number of rotatable bonds is 4. The molecular formula is C8H12ClN3S. The maximum Gasteiger partial charge on any atom is 0.222 e. The van der Waals surface area contributed by atoms with Crippen LogP contribution in [0.1, 0.15) is 19.8 Å². The predicted octanol–water partition coefficient (Wildman–Crippen LogP) is 2.60. The first-order valence-corrected chi connectivity index (χ1v) is 5.51. The average Bonchev–Trinajstić information content (AvgIpc) is 2.03. The SMILES string of the molecule is CCCCSc1cc(Cl)nc(N)n1. The van der Waals surface area contributed by atoms with E-state index >= 15 is 0 Å². The van der Waals surface area contributed by atoms with Gasteiger partial charge in [-0.3, -0.25) is 0 Å². The molecule has 0 atom stereocenters. The smallest absolute Gasteiger partial charge is 0.222 e. The lowest BCUT2D eigenvalue weighted by Crippen LogP contribution is -1.96. The van der Waals surface area contributed by atoms with Gasteiger partial charge in [0.2, 0.25) is 5.95 Å². The summed E-state index contributed by atoms with van der Waals surface area (Å²) >= 11 is 7.38. The van der Waals surface area contributed by atoms with Crippen molar-refractivity contribution in [3.63, 3.8) is 0 Å². The van der Waals surface area contributed by atoms with Crippen LogP contribution in [-0.4, -0.2) is 15.7 Å². The number of unbranched alkanes of at least 4 members (excludes halogenated alkanes) is 1. The van der Waals surface area contributed by atoms with Crippen LogP contribution in [0, 0.1) is 0 Å². The highest BCUT2D eigenvalue weighted by Crippen LogP contribution is 2.20. The molecule has 1 aromatic rings. The van der Waals surface area contributed by atoms with E-state index in [1.807, 2.05) is 0 Å². The molecule has 0 aliphatic carbocycles. The quantitative estimate of drug-likeness (QED) is 0.479. The van der Waals surface area contributed by atoms with Crippen molar-refractivity contribution in [1.82, 2.24) is 9.97 Å². The van der Waals surface area contributed by atoms with Crippen LogP contribution in [0.15, 0.2) is 11.1 Å². The minimum Gasteiger partial charge on any atom is -0.368 e. The first-order chi connectivity index (χ1) is 6.22. The van der Waals surface area contributed by atoms with Crippen molar-refractivity contribution in [2.45, 2.75) is 24.8 Å². The molecular weight excluding hydrogens is 206 g/mol. The average molecular weight is 218 g/mol. The van der Waals surface area contributed by atoms with Crippen molar-refractivity contribution >= 4 is 29.3 Å². The van der Waals surface area contributed by atoms with Gasteiger partial charge in [0.05, 0.1) is 0 Å². The van der Waals surface area contributed by atoms with Crippen molar-refractivity contribution in [2.24, 2.45) is 0 Å². The fourth-order valence-electron chi connectivity index (χ4n) is 0.809. The van der Waals surface area contributed by atoms with E-state index in [1.54, 1.807) is 17.8 Å². The summed E-state index contributed by atoms with van der Waals surface area (Å²) in [6.45, 7) is 2.15. The van der Waals surface area contributed by atoms with Crippen molar-refractivity contribution in [3.05, 3.63) is 11.2 Å². The second-order valence-electron chi connectivity index (χ2n) is 2.59. The molecule has 1 heterocycles. The number of thioether (sulfide) groups is 1. The Hall–Kier alpha value is -0.480. The molecule has 0 aromatic carbocycles. The maximum atomic E-state index is 5.72. The van der Waals surface area contributed by atoms with Gasteiger partial charge in [0.25, 0.3) is 0 Å². The Balaban J connectivity index is 2.56. The molecule has 0 saturated heterocycles. The first-order valence-electron chi connectivity index (χ1n) is 4.15. The minimum atomic E-state index is 0.242. The molecule has 5 heteroatoms. The summed E-state index contributed by atoms with van der Waals surface area (Å²) in [7, 11) is 0. The van der Waals surface area contributed by atoms with Gasteiger partial charge < -0.3 is 5.73 Å². The molecule has 1 rings (SSSR count). The fourth-order valence-corrected chi connectivity index (χ4v) is 2.06. The van der Waals surface area contributed by atoms with E-state index in [0.29, 0.717) is 5.15 Å². The first kappa shape index (κ1) is 10.6. The molecule has 0 unspecified atom stereocenters. The molecule has 0 radical (unpaired) electrons. The van der Waals surface area contributed by atoms with E-state index in [-0.39, 0.29) is 5.95 Å². The third-order valence-electron chi connectivity index (χ3n) is 1.44. The summed E-state index contributed by atoms with van der Waals surface area (Å²) in [5.74, 6) is 1.29. The standard InChI is InChI=1S/C8H12ClN3S/c1-2-3-4-13-7-5-6(9)11-8(10)12-7/h5H,2-4H2,1H3,(H2,10,11,12). The molecule has 0 saturated carbocycles. The Morgan fingerprint density at radius 1 is 1.54 bits per heavy atom. The van der Waals surface area contributed by atoms with Crippen LogP contribution in [0.5, 0.6) is 0 Å². The largest absolute Gasteiger partial charge is 0.368 e. The van der Waals surface area contributed by atoms with Gasteiger partial charge in [-0.15, -0.1) is 11.8 Å². The van der Waals surface area contributed by atoms with Crippen LogP contribution < -0.4 is 5.73 Å². The van der Waals surface area contributed by atoms with Crippen molar-refractivity contribution < 1.29 is 0 Å². The lowest BCUT2D eigenvalue weighted by molar-refractivity contribution is 0.894. The monoisotopic (exact) mass is 217 g/mol. The van der Waals surface area contributed by atoms with E-state index in [4.69, 9.17) is 17.3 Å². The summed E-state index contributed by atoms with van der Waals surface area (Å²) in [5, 5.41) is 1.26. The van der Waals surface area contributed by atoms with Crippen molar-refractivity contribution in [3.8, 4) is 0 Å². The van der Waals surface area contributed by atoms with Crippen LogP contribution in [0.25, 0.3) is 0 Å². The molecule has 0 fully saturated rings. The Kier molecular flexibility index (Phi) is 4.32. The predicted molar refractivity (Wildman–Crippen MR) is 57.1 cm³/mol. The highest BCUT2D eigenvalue weighted by molar-refractivity contribution is 7.99. The lowest BCUT2D eigenvalue weighted by Gasteiger charge is -2.00. The van der Waals surface area contributed by atoms with Crippen LogP contribution in [0.3, 0.4) is 0 Å². The number of aromatic nitrogens is 2. The number of nitrogen functional groups attached to an aromatic ring is 1. The zero-order valence-electron chi connectivity index (χ0n) is 7.46. The number of halogens is 1. The molecule has 2 N–H and O–H groups in total. The Bertz CT molecular complexity index is 260. The van der Waals surface area contributed by atoms with Crippen LogP contribution in [0.2, 0.25) is 5.15 Å². The summed E-state index contributed by atoms with van der Waals surface area (Å²) in [5.41, 5.74) is 5.44. The molecule has 0 aliphatic heterocycles. The number of nitrogens with two attached hydrogens (primary N) is 1. The van der Waals surface area contributed by atoms with Gasteiger partial charge in [-0.25, -0.2) is 9.97 Å². The van der Waals surface area contributed by atoms with E-state index in [9.17, 15) is 0 Å². The second kappa shape index (κ2) is 5.29. The highest BCUT2D eigenvalue weighted by atomic mass is 35.5. The van der Waals surface area contributed by atoms with Gasteiger partial charge in [0, 0.05) is 6.07 Å². The van der Waals surface area contributed by atoms with Crippen molar-refractivity contribution in [2.75, 3.05) is 11.5 Å². The van der Waals surface area contributed by atoms with E-state index in [1.165, 1.54) is 12.8 Å². The molecule has 0 bridgehead atoms. The number of hydrogen-bond acceptors (Lipinski definition) is 4. The van der Waals surface area contributed by atoms with Crippen LogP contribution >= 0.6 is 23.4 Å². The molecule has 72 valence electrons. The third kappa shape index (κ3) is 3.83. The number of nitrogens with zero attached hydrogens (tertiary/aromatic N) is 2. The number of anilines is 1. The Morgan fingerprint density at radius 2 is 2.31 bits per heavy atom. The fraction of sp³-hybridized carbons (Fsp3) is 0.500. The molecule has 0 amide bonds. The van der Waals surface area contributed by atoms with Gasteiger partial charge in [0.15, 0.2) is 0 Å². The third-order valence-corrected chi connectivity index (χ3v) is 2.63. The topological polar surface area (TPSA) is 51.8 Å². The minimum absolute atomic E-state index is 0.242. The summed E-state index contributed by atoms with van der Waals surface area (Å²) in [6.07, 6.45) is 2.35. The Morgan fingerprint density at radius 3 is 2.92 bits per heavy atom. The zero-order chi connectivity index (χ0) is 9.68. The number of hydrogen-bond donors (Lipinski definition) is 1. The normalized spacial score (nSPS) is 10.3. The Labute approximate surface area is 87.1 Å². The summed E-state index contributed by atoms with van der Waals surface area (Å²) < 4.78 is 0. The van der Waals surface area contributed by atoms with E-state index in [2.05, 4.69) is 16.9 Å². The van der Waals surface area contributed by atoms with Gasteiger partial charge in [-0.2, -0.15) is 0 Å². The van der Waals surface area contributed by atoms with E-state index in [0.717, 1.165) is 10.8 Å². The zero-order valence-corrected chi connectivity index (χ0v) is 9.03. The molecule has 13 heavy (non-hydrogen) atoms. The summed E-state index contributed by atoms with van der Waals surface area (Å²) in [6, 6.07) is 1.73. The van der Waals surface area contributed by atoms with Gasteiger partial charge in [0.1, 0.15) is 10.2 Å². The van der Waals surface area contributed by atoms with Gasteiger partial charge in [-0.05, 0) is 12.2 Å². The second-order valence-corrected chi connectivity index (χ2v) is 4.09. The molecule has 0 aliphatic rings. The summed E-state index contributed by atoms with van der Waals surface area (Å²) in [4.78, 5) is 7.83. The lowest BCUT2D eigenvalue weighted by atomic mass is 10.4.